The van der Waals surface area contributed by atoms with Crippen molar-refractivity contribution in [2.75, 3.05) is 7.11 Å². The van der Waals surface area contributed by atoms with E-state index in [9.17, 15) is 15.0 Å². The number of methoxy groups -OCH3 is 1. The smallest absolute Gasteiger partial charge is 0.545 e. The molecule has 0 atom stereocenters. The van der Waals surface area contributed by atoms with Crippen LogP contribution in [0.3, 0.4) is 0 Å². The largest absolute Gasteiger partial charge is 1.00 e. The number of imidazole rings is 1. The van der Waals surface area contributed by atoms with Crippen LogP contribution < -0.4 is 39.4 Å². The molecule has 4 rings (SSSR count). The number of rotatable bonds is 6. The van der Waals surface area contributed by atoms with Gasteiger partial charge in [-0.3, -0.25) is 0 Å². The minimum absolute atomic E-state index is 0. The molecule has 0 saturated heterocycles. The third kappa shape index (κ3) is 4.94. The second kappa shape index (κ2) is 10.3. The molecule has 1 heterocycles. The summed E-state index contributed by atoms with van der Waals surface area (Å²) in [5, 5.41) is 21.9. The summed E-state index contributed by atoms with van der Waals surface area (Å²) in [5.74, 6) is -0.760. The Bertz CT molecular complexity index is 1190. The topological polar surface area (TPSA) is 98.3 Å². The van der Waals surface area contributed by atoms with E-state index in [0.717, 1.165) is 22.9 Å². The van der Waals surface area contributed by atoms with E-state index < -0.39 is 5.97 Å². The standard InChI is InChI=1S/C25H20N2O4.Na/c1-31-18-12-13-21(28)19(14-18)20(15-22(29)30)25-26-23(16-8-4-2-5-9-16)24(27-25)17-10-6-3-7-11-17;/h2-15,28H,1H3,(H,26,27)(H,29,30);/q;+1/p-1. The Morgan fingerprint density at radius 2 is 1.62 bits per heavy atom. The van der Waals surface area contributed by atoms with Crippen LogP contribution in [-0.2, 0) is 4.79 Å². The fourth-order valence-corrected chi connectivity index (χ4v) is 3.37. The number of carboxylic acid groups (broad SMARTS) is 1. The molecule has 32 heavy (non-hydrogen) atoms. The molecule has 0 unspecified atom stereocenters. The monoisotopic (exact) mass is 434 g/mol. The van der Waals surface area contributed by atoms with Crippen LogP contribution in [-0.4, -0.2) is 28.2 Å². The first kappa shape index (κ1) is 23.3. The Hall–Kier alpha value is -3.32. The van der Waals surface area contributed by atoms with Gasteiger partial charge < -0.3 is 24.7 Å². The molecule has 0 aliphatic rings. The van der Waals surface area contributed by atoms with Crippen molar-refractivity contribution in [3.63, 3.8) is 0 Å². The predicted octanol–water partition coefficient (Wildman–Crippen LogP) is 0.643. The van der Waals surface area contributed by atoms with Gasteiger partial charge in [-0.1, -0.05) is 60.7 Å². The number of benzene rings is 3. The third-order valence-electron chi connectivity index (χ3n) is 4.82. The molecule has 7 heteroatoms. The zero-order valence-corrected chi connectivity index (χ0v) is 19.7. The van der Waals surface area contributed by atoms with Crippen LogP contribution in [0.15, 0.2) is 84.9 Å². The maximum Gasteiger partial charge on any atom is 1.00 e. The molecule has 1 aromatic heterocycles. The van der Waals surface area contributed by atoms with Crippen molar-refractivity contribution in [2.24, 2.45) is 0 Å². The van der Waals surface area contributed by atoms with Crippen LogP contribution in [0, 0.1) is 0 Å². The zero-order valence-electron chi connectivity index (χ0n) is 17.7. The van der Waals surface area contributed by atoms with Crippen molar-refractivity contribution in [2.45, 2.75) is 0 Å². The average molecular weight is 434 g/mol. The molecule has 2 N–H and O–H groups in total. The van der Waals surface area contributed by atoms with Crippen molar-refractivity contribution in [3.8, 4) is 34.0 Å². The van der Waals surface area contributed by atoms with Gasteiger partial charge >= 0.3 is 29.6 Å². The van der Waals surface area contributed by atoms with Gasteiger partial charge in [0.2, 0.25) is 0 Å². The van der Waals surface area contributed by atoms with E-state index >= 15 is 0 Å². The molecule has 0 saturated carbocycles. The molecular weight excluding hydrogens is 415 g/mol. The summed E-state index contributed by atoms with van der Waals surface area (Å²) in [5.41, 5.74) is 3.59. The van der Waals surface area contributed by atoms with Crippen LogP contribution in [0.4, 0.5) is 0 Å². The maximum absolute atomic E-state index is 11.5. The fraction of sp³-hybridized carbons (Fsp3) is 0.0400. The minimum Gasteiger partial charge on any atom is -0.545 e. The number of phenols is 1. The van der Waals surface area contributed by atoms with Crippen molar-refractivity contribution in [1.29, 1.82) is 0 Å². The quantitative estimate of drug-likeness (QED) is 0.343. The second-order valence-electron chi connectivity index (χ2n) is 6.80. The summed E-state index contributed by atoms with van der Waals surface area (Å²) in [6, 6.07) is 23.8. The predicted molar refractivity (Wildman–Crippen MR) is 116 cm³/mol. The van der Waals surface area contributed by atoms with Gasteiger partial charge in [-0.15, -0.1) is 0 Å². The van der Waals surface area contributed by atoms with E-state index in [4.69, 9.17) is 9.72 Å². The number of nitrogens with one attached hydrogen (secondary N) is 1. The molecule has 3 aromatic carbocycles. The van der Waals surface area contributed by atoms with Gasteiger partial charge in [-0.25, -0.2) is 4.98 Å². The summed E-state index contributed by atoms with van der Waals surface area (Å²) < 4.78 is 5.24. The van der Waals surface area contributed by atoms with Crippen molar-refractivity contribution < 1.29 is 49.3 Å². The number of phenolic OH excluding ortho intramolecular Hbond substituents is 1. The van der Waals surface area contributed by atoms with E-state index in [1.807, 2.05) is 60.7 Å². The molecule has 4 aromatic rings. The van der Waals surface area contributed by atoms with Gasteiger partial charge in [0.15, 0.2) is 0 Å². The number of carbonyl (C=O) groups is 1. The molecule has 6 nitrogen and oxygen atoms in total. The first-order valence-corrected chi connectivity index (χ1v) is 9.58. The van der Waals surface area contributed by atoms with Crippen molar-refractivity contribution in [1.82, 2.24) is 9.97 Å². The first-order chi connectivity index (χ1) is 15.1. The van der Waals surface area contributed by atoms with E-state index in [-0.39, 0.29) is 52.3 Å². The SMILES string of the molecule is COc1ccc(O)c(C(=CC(=O)[O-])c2nc(-c3ccccc3)c(-c3ccccc3)[nH]2)c1.[Na+]. The number of H-pyrrole nitrogens is 1. The maximum atomic E-state index is 11.5. The Morgan fingerprint density at radius 3 is 2.22 bits per heavy atom. The van der Waals surface area contributed by atoms with E-state index in [2.05, 4.69) is 4.98 Å². The minimum atomic E-state index is -1.41. The van der Waals surface area contributed by atoms with Crippen molar-refractivity contribution in [3.05, 3.63) is 96.3 Å². The normalized spacial score (nSPS) is 11.0. The molecule has 0 radical (unpaired) electrons. The van der Waals surface area contributed by atoms with Crippen LogP contribution in [0.1, 0.15) is 11.4 Å². The molecule has 0 spiro atoms. The van der Waals surface area contributed by atoms with Gasteiger partial charge in [-0.2, -0.15) is 0 Å². The van der Waals surface area contributed by atoms with E-state index in [1.54, 1.807) is 12.1 Å². The number of aromatic amines is 1. The molecule has 154 valence electrons. The summed E-state index contributed by atoms with van der Waals surface area (Å²) in [6.45, 7) is 0. The summed E-state index contributed by atoms with van der Waals surface area (Å²) >= 11 is 0. The molecule has 0 bridgehead atoms. The number of hydrogen-bond acceptors (Lipinski definition) is 5. The number of aliphatic carboxylic acids is 1. The first-order valence-electron chi connectivity index (χ1n) is 9.58. The molecule has 0 aliphatic heterocycles. The van der Waals surface area contributed by atoms with Crippen molar-refractivity contribution >= 4 is 11.5 Å². The number of carbonyl (C=O) groups excluding carboxylic acids is 1. The summed E-state index contributed by atoms with van der Waals surface area (Å²) in [7, 11) is 1.49. The van der Waals surface area contributed by atoms with Gasteiger partial charge in [-0.05, 0) is 24.3 Å². The van der Waals surface area contributed by atoms with Crippen LogP contribution >= 0.6 is 0 Å². The Labute approximate surface area is 207 Å². The molecule has 0 aliphatic carbocycles. The third-order valence-corrected chi connectivity index (χ3v) is 4.82. The van der Waals surface area contributed by atoms with E-state index in [0.29, 0.717) is 11.4 Å². The Balaban J connectivity index is 0.00000289. The van der Waals surface area contributed by atoms with Crippen LogP contribution in [0.25, 0.3) is 28.1 Å². The second-order valence-corrected chi connectivity index (χ2v) is 6.80. The van der Waals surface area contributed by atoms with Gasteiger partial charge in [0.25, 0.3) is 0 Å². The Morgan fingerprint density at radius 1 is 1.00 bits per heavy atom. The number of hydrogen-bond donors (Lipinski definition) is 2. The molecule has 0 fully saturated rings. The number of carboxylic acids is 1. The average Bonchev–Trinajstić information content (AvgIpc) is 3.24. The van der Waals surface area contributed by atoms with Gasteiger partial charge in [0.05, 0.1) is 24.5 Å². The fourth-order valence-electron chi connectivity index (χ4n) is 3.37. The van der Waals surface area contributed by atoms with Crippen LogP contribution in [0.5, 0.6) is 11.5 Å². The molecule has 0 amide bonds. The number of aromatic nitrogens is 2. The van der Waals surface area contributed by atoms with Gasteiger partial charge in [0, 0.05) is 22.3 Å². The molecular formula is C25H19N2NaO4. The summed E-state index contributed by atoms with van der Waals surface area (Å²) in [4.78, 5) is 19.5. The Kier molecular flexibility index (Phi) is 7.53. The van der Waals surface area contributed by atoms with Crippen LogP contribution in [0.2, 0.25) is 0 Å². The number of nitrogens with zero attached hydrogens (tertiary/aromatic N) is 1. The number of ether oxygens (including phenoxy) is 1. The number of aromatic hydroxyl groups is 1. The summed E-state index contributed by atoms with van der Waals surface area (Å²) in [6.07, 6.45) is 0.914. The zero-order chi connectivity index (χ0) is 21.8. The van der Waals surface area contributed by atoms with E-state index in [1.165, 1.54) is 13.2 Å². The van der Waals surface area contributed by atoms with Gasteiger partial charge in [0.1, 0.15) is 17.3 Å².